The summed E-state index contributed by atoms with van der Waals surface area (Å²) in [7, 11) is 0. The first-order valence-corrected chi connectivity index (χ1v) is 10.7. The lowest BCUT2D eigenvalue weighted by Crippen LogP contribution is -2.53. The Balaban J connectivity index is 1.55. The van der Waals surface area contributed by atoms with Gasteiger partial charge in [-0.2, -0.15) is 0 Å². The zero-order valence-corrected chi connectivity index (χ0v) is 16.6. The molecular formula is C23H36O2. The summed E-state index contributed by atoms with van der Waals surface area (Å²) < 4.78 is 5.59. The van der Waals surface area contributed by atoms with E-state index in [1.165, 1.54) is 44.9 Å². The normalized spacial score (nSPS) is 50.7. The van der Waals surface area contributed by atoms with E-state index >= 15 is 0 Å². The second-order valence-electron chi connectivity index (χ2n) is 9.97. The van der Waals surface area contributed by atoms with Gasteiger partial charge in [-0.3, -0.25) is 4.79 Å². The van der Waals surface area contributed by atoms with Crippen molar-refractivity contribution in [2.24, 2.45) is 34.5 Å². The fourth-order valence-electron chi connectivity index (χ4n) is 7.88. The Hall–Kier alpha value is -0.790. The zero-order chi connectivity index (χ0) is 17.8. The summed E-state index contributed by atoms with van der Waals surface area (Å²) in [6.45, 7) is 8.98. The van der Waals surface area contributed by atoms with Crippen LogP contribution in [0, 0.1) is 34.5 Å². The number of carbonyl (C=O) groups is 1. The number of allylic oxidation sites excluding steroid dienone is 2. The minimum atomic E-state index is -0.0967. The minimum absolute atomic E-state index is 0.0967. The van der Waals surface area contributed by atoms with Crippen LogP contribution in [0.5, 0.6) is 0 Å². The van der Waals surface area contributed by atoms with Crippen molar-refractivity contribution in [3.05, 3.63) is 11.6 Å². The maximum atomic E-state index is 11.4. The van der Waals surface area contributed by atoms with Crippen LogP contribution in [0.4, 0.5) is 0 Å². The Labute approximate surface area is 153 Å². The molecule has 0 aromatic carbocycles. The number of hydrogen-bond acceptors (Lipinski definition) is 2. The Kier molecular flexibility index (Phi) is 4.32. The molecule has 25 heavy (non-hydrogen) atoms. The van der Waals surface area contributed by atoms with Gasteiger partial charge in [0.2, 0.25) is 0 Å². The number of esters is 1. The van der Waals surface area contributed by atoms with Crippen molar-refractivity contribution in [2.75, 3.05) is 0 Å². The highest BCUT2D eigenvalue weighted by Crippen LogP contribution is 2.67. The van der Waals surface area contributed by atoms with Crippen molar-refractivity contribution in [2.45, 2.75) is 91.6 Å². The molecule has 2 nitrogen and oxygen atoms in total. The molecule has 0 amide bonds. The van der Waals surface area contributed by atoms with Crippen LogP contribution in [-0.2, 0) is 9.53 Å². The van der Waals surface area contributed by atoms with Gasteiger partial charge in [-0.25, -0.2) is 0 Å². The van der Waals surface area contributed by atoms with Gasteiger partial charge >= 0.3 is 5.97 Å². The van der Waals surface area contributed by atoms with Crippen LogP contribution in [0.2, 0.25) is 0 Å². The Morgan fingerprint density at radius 3 is 2.60 bits per heavy atom. The van der Waals surface area contributed by atoms with Crippen LogP contribution in [0.3, 0.4) is 0 Å². The molecule has 0 N–H and O–H groups in total. The van der Waals surface area contributed by atoms with Crippen LogP contribution >= 0.6 is 0 Å². The first-order chi connectivity index (χ1) is 11.9. The predicted molar refractivity (Wildman–Crippen MR) is 101 cm³/mol. The molecule has 4 aliphatic rings. The topological polar surface area (TPSA) is 26.3 Å². The third kappa shape index (κ3) is 2.61. The number of carbonyl (C=O) groups excluding carboxylic acids is 1. The Bertz CT molecular complexity index is 579. The van der Waals surface area contributed by atoms with Gasteiger partial charge in [-0.15, -0.1) is 0 Å². The van der Waals surface area contributed by atoms with Gasteiger partial charge in [0.25, 0.3) is 0 Å². The van der Waals surface area contributed by atoms with E-state index < -0.39 is 0 Å². The smallest absolute Gasteiger partial charge is 0.302 e. The fourth-order valence-corrected chi connectivity index (χ4v) is 7.88. The molecule has 7 atom stereocenters. The van der Waals surface area contributed by atoms with Gasteiger partial charge < -0.3 is 4.74 Å². The van der Waals surface area contributed by atoms with Gasteiger partial charge in [0.1, 0.15) is 6.10 Å². The van der Waals surface area contributed by atoms with E-state index in [9.17, 15) is 4.79 Å². The van der Waals surface area contributed by atoms with Crippen molar-refractivity contribution >= 4 is 5.97 Å². The van der Waals surface area contributed by atoms with E-state index in [4.69, 9.17) is 4.74 Å². The van der Waals surface area contributed by atoms with E-state index in [0.717, 1.165) is 36.5 Å². The number of rotatable bonds is 1. The predicted octanol–water partition coefficient (Wildman–Crippen LogP) is 5.91. The Morgan fingerprint density at radius 2 is 1.88 bits per heavy atom. The summed E-state index contributed by atoms with van der Waals surface area (Å²) in [4.78, 5) is 11.4. The molecule has 0 aromatic rings. The lowest BCUT2D eigenvalue weighted by Gasteiger charge is -2.60. The average molecular weight is 345 g/mol. The number of ether oxygens (including phenoxy) is 1. The van der Waals surface area contributed by atoms with Gasteiger partial charge in [0.05, 0.1) is 0 Å². The molecule has 4 aliphatic carbocycles. The molecule has 4 rings (SSSR count). The molecule has 0 radical (unpaired) electrons. The van der Waals surface area contributed by atoms with Gasteiger partial charge in [-0.1, -0.05) is 25.5 Å². The molecule has 4 fully saturated rings. The second kappa shape index (κ2) is 6.13. The third-order valence-electron chi connectivity index (χ3n) is 9.15. The first kappa shape index (κ1) is 17.6. The molecule has 2 heteroatoms. The zero-order valence-electron chi connectivity index (χ0n) is 16.6. The summed E-state index contributed by atoms with van der Waals surface area (Å²) in [6.07, 6.45) is 14.4. The monoisotopic (exact) mass is 344 g/mol. The average Bonchev–Trinajstić information content (AvgIpc) is 2.91. The lowest BCUT2D eigenvalue weighted by molar-refractivity contribution is -0.158. The van der Waals surface area contributed by atoms with Crippen LogP contribution in [-0.4, -0.2) is 12.1 Å². The summed E-state index contributed by atoms with van der Waals surface area (Å²) in [5.41, 5.74) is 2.73. The van der Waals surface area contributed by atoms with Crippen molar-refractivity contribution in [3.8, 4) is 0 Å². The third-order valence-corrected chi connectivity index (χ3v) is 9.15. The maximum Gasteiger partial charge on any atom is 0.302 e. The Morgan fingerprint density at radius 1 is 1.08 bits per heavy atom. The minimum Gasteiger partial charge on any atom is -0.463 e. The van der Waals surface area contributed by atoms with Crippen molar-refractivity contribution in [3.63, 3.8) is 0 Å². The quantitative estimate of drug-likeness (QED) is 0.437. The molecule has 0 unspecified atom stereocenters. The van der Waals surface area contributed by atoms with Gasteiger partial charge in [0.15, 0.2) is 0 Å². The van der Waals surface area contributed by atoms with E-state index in [-0.39, 0.29) is 12.1 Å². The fraction of sp³-hybridized carbons (Fsp3) is 0.870. The molecule has 0 aromatic heterocycles. The molecule has 0 heterocycles. The lowest BCUT2D eigenvalue weighted by atomic mass is 9.45. The first-order valence-electron chi connectivity index (χ1n) is 10.7. The summed E-state index contributed by atoms with van der Waals surface area (Å²) in [5, 5.41) is 0. The highest BCUT2D eigenvalue weighted by atomic mass is 16.5. The van der Waals surface area contributed by atoms with Gasteiger partial charge in [0, 0.05) is 6.92 Å². The second-order valence-corrected chi connectivity index (χ2v) is 9.97. The largest absolute Gasteiger partial charge is 0.463 e. The molecule has 0 saturated heterocycles. The highest BCUT2D eigenvalue weighted by Gasteiger charge is 2.59. The van der Waals surface area contributed by atoms with E-state index in [0.29, 0.717) is 10.8 Å². The summed E-state index contributed by atoms with van der Waals surface area (Å²) in [5.74, 6) is 3.42. The SMILES string of the molecule is C/C=C1\CC[C@@H]2[C@@H]3CC[C@H]4C[C@H](OC(C)=O)CC[C@]4(C)[C@H]3CC[C@]12C. The molecule has 4 saturated carbocycles. The summed E-state index contributed by atoms with van der Waals surface area (Å²) in [6, 6.07) is 0. The van der Waals surface area contributed by atoms with Crippen LogP contribution in [0.15, 0.2) is 11.6 Å². The standard InChI is InChI=1S/C23H36O2/c1-5-16-7-9-20-19-8-6-17-14-18(25-15(2)24)10-12-23(17,4)21(19)11-13-22(16,20)3/h5,17-21H,6-14H2,1-4H3/b16-5+/t17-,18+,19-,20+,21-,22+,23-/m0/s1. The molecule has 0 spiro atoms. The van der Waals surface area contributed by atoms with E-state index in [1.54, 1.807) is 12.5 Å². The van der Waals surface area contributed by atoms with Gasteiger partial charge in [-0.05, 0) is 99.2 Å². The highest BCUT2D eigenvalue weighted by molar-refractivity contribution is 5.66. The van der Waals surface area contributed by atoms with Crippen molar-refractivity contribution < 1.29 is 9.53 Å². The van der Waals surface area contributed by atoms with Crippen LogP contribution < -0.4 is 0 Å². The molecule has 0 bridgehead atoms. The number of hydrogen-bond donors (Lipinski definition) is 0. The van der Waals surface area contributed by atoms with Crippen molar-refractivity contribution in [1.82, 2.24) is 0 Å². The van der Waals surface area contributed by atoms with Crippen molar-refractivity contribution in [1.29, 1.82) is 0 Å². The molecule has 0 aliphatic heterocycles. The number of fused-ring (bicyclic) bond motifs is 5. The maximum absolute atomic E-state index is 11.4. The van der Waals surface area contributed by atoms with E-state index in [2.05, 4.69) is 26.8 Å². The van der Waals surface area contributed by atoms with Crippen LogP contribution in [0.25, 0.3) is 0 Å². The summed E-state index contributed by atoms with van der Waals surface area (Å²) >= 11 is 0. The molecule has 140 valence electrons. The van der Waals surface area contributed by atoms with Crippen LogP contribution in [0.1, 0.15) is 85.5 Å². The molecular weight excluding hydrogens is 308 g/mol. The van der Waals surface area contributed by atoms with E-state index in [1.807, 2.05) is 0 Å².